The summed E-state index contributed by atoms with van der Waals surface area (Å²) in [5.41, 5.74) is 0. The van der Waals surface area contributed by atoms with Crippen LogP contribution in [0.4, 0.5) is 26.3 Å². The Kier molecular flexibility index (Phi) is 3.92. The van der Waals surface area contributed by atoms with Crippen molar-refractivity contribution >= 4 is 22.6 Å². The summed E-state index contributed by atoms with van der Waals surface area (Å²) in [6.07, 6.45) is -11.6. The molecule has 2 unspecified atom stereocenters. The molecule has 0 aromatic carbocycles. The van der Waals surface area contributed by atoms with E-state index >= 15 is 0 Å². The van der Waals surface area contributed by atoms with Crippen LogP contribution in [0.1, 0.15) is 0 Å². The summed E-state index contributed by atoms with van der Waals surface area (Å²) < 4.78 is 66.4. The highest BCUT2D eigenvalue weighted by Crippen LogP contribution is 2.32. The third-order valence-electron chi connectivity index (χ3n) is 0.833. The van der Waals surface area contributed by atoms with Crippen molar-refractivity contribution in [3.8, 4) is 0 Å². The normalized spacial score (nSPS) is 18.5. The van der Waals surface area contributed by atoms with Gasteiger partial charge in [-0.2, -0.15) is 13.2 Å². The van der Waals surface area contributed by atoms with Crippen LogP contribution in [0.15, 0.2) is 0 Å². The van der Waals surface area contributed by atoms with E-state index < -0.39 is 22.7 Å². The van der Waals surface area contributed by atoms with Crippen LogP contribution >= 0.6 is 22.6 Å². The van der Waals surface area contributed by atoms with Gasteiger partial charge in [-0.05, 0) is 0 Å². The molecular weight excluding hydrogens is 289 g/mol. The molecule has 0 aliphatic carbocycles. The first kappa shape index (κ1) is 11.3. The number of hydrogen-bond acceptors (Lipinski definition) is 0. The van der Waals surface area contributed by atoms with Crippen LogP contribution in [0.3, 0.4) is 0 Å². The van der Waals surface area contributed by atoms with E-state index in [4.69, 9.17) is 0 Å². The van der Waals surface area contributed by atoms with Crippen LogP contribution in [0.25, 0.3) is 0 Å². The summed E-state index contributed by atoms with van der Waals surface area (Å²) in [4.78, 5) is 0. The van der Waals surface area contributed by atoms with Crippen molar-refractivity contribution in [3.05, 3.63) is 0 Å². The maximum Gasteiger partial charge on any atom is 0.403 e. The first-order valence-corrected chi connectivity index (χ1v) is 3.64. The maximum atomic E-state index is 11.9. The molecule has 0 bridgehead atoms. The molecule has 0 fully saturated rings. The molecule has 0 spiro atoms. The van der Waals surface area contributed by atoms with Crippen LogP contribution in [-0.4, -0.2) is 22.7 Å². The van der Waals surface area contributed by atoms with E-state index in [-0.39, 0.29) is 0 Å². The topological polar surface area (TPSA) is 0 Å². The molecule has 68 valence electrons. The fraction of sp³-hybridized carbons (Fsp3) is 1.00. The zero-order valence-electron chi connectivity index (χ0n) is 4.88. The third kappa shape index (κ3) is 3.48. The highest BCUT2D eigenvalue weighted by molar-refractivity contribution is 14.1. The molecule has 7 heteroatoms. The van der Waals surface area contributed by atoms with E-state index in [9.17, 15) is 26.3 Å². The number of hydrogen-bond donors (Lipinski definition) is 0. The summed E-state index contributed by atoms with van der Waals surface area (Å²) in [6.45, 7) is 0. The van der Waals surface area contributed by atoms with Crippen molar-refractivity contribution in [1.29, 1.82) is 0 Å². The zero-order valence-corrected chi connectivity index (χ0v) is 7.04. The van der Waals surface area contributed by atoms with Gasteiger partial charge in [0.25, 0.3) is 6.43 Å². The Balaban J connectivity index is 4.13. The Morgan fingerprint density at radius 1 is 1.00 bits per heavy atom. The number of alkyl halides is 7. The van der Waals surface area contributed by atoms with Crippen molar-refractivity contribution in [3.63, 3.8) is 0 Å². The van der Waals surface area contributed by atoms with Crippen LogP contribution in [-0.2, 0) is 0 Å². The SMILES string of the molecule is FC(F)C(F)C(I)C(F)(F)F. The van der Waals surface area contributed by atoms with Gasteiger partial charge in [-0.15, -0.1) is 0 Å². The molecule has 0 rings (SSSR count). The van der Waals surface area contributed by atoms with Gasteiger partial charge < -0.3 is 0 Å². The smallest absolute Gasteiger partial charge is 0.240 e. The van der Waals surface area contributed by atoms with Gasteiger partial charge in [0.05, 0.1) is 0 Å². The Bertz CT molecular complexity index is 120. The quantitative estimate of drug-likeness (QED) is 0.417. The molecule has 0 aliphatic heterocycles. The number of halogens is 7. The lowest BCUT2D eigenvalue weighted by atomic mass is 10.3. The first-order chi connectivity index (χ1) is 4.76. The van der Waals surface area contributed by atoms with Crippen LogP contribution in [0.5, 0.6) is 0 Å². The van der Waals surface area contributed by atoms with Gasteiger partial charge in [0, 0.05) is 0 Å². The van der Waals surface area contributed by atoms with Gasteiger partial charge in [-0.25, -0.2) is 13.2 Å². The van der Waals surface area contributed by atoms with Crippen molar-refractivity contribution < 1.29 is 26.3 Å². The summed E-state index contributed by atoms with van der Waals surface area (Å²) in [5, 5.41) is 0. The Hall–Kier alpha value is 0.310. The summed E-state index contributed by atoms with van der Waals surface area (Å²) in [7, 11) is 0. The third-order valence-corrected chi connectivity index (χ3v) is 2.23. The Labute approximate surface area is 72.1 Å². The van der Waals surface area contributed by atoms with Crippen LogP contribution in [0, 0.1) is 0 Å². The molecule has 0 aromatic heterocycles. The second-order valence-corrected chi connectivity index (χ2v) is 3.06. The Morgan fingerprint density at radius 3 is 1.45 bits per heavy atom. The molecule has 0 aromatic rings. The van der Waals surface area contributed by atoms with E-state index in [2.05, 4.69) is 0 Å². The molecule has 0 nitrogen and oxygen atoms in total. The van der Waals surface area contributed by atoms with Crippen molar-refractivity contribution in [2.75, 3.05) is 0 Å². The summed E-state index contributed by atoms with van der Waals surface area (Å²) in [5.74, 6) is 0. The lowest BCUT2D eigenvalue weighted by molar-refractivity contribution is -0.146. The van der Waals surface area contributed by atoms with E-state index in [1.165, 1.54) is 0 Å². The lowest BCUT2D eigenvalue weighted by Gasteiger charge is -2.16. The molecule has 11 heavy (non-hydrogen) atoms. The first-order valence-electron chi connectivity index (χ1n) is 2.40. The summed E-state index contributed by atoms with van der Waals surface area (Å²) in [6, 6.07) is 0. The summed E-state index contributed by atoms with van der Waals surface area (Å²) >= 11 is 0.610. The second-order valence-electron chi connectivity index (χ2n) is 1.72. The van der Waals surface area contributed by atoms with Gasteiger partial charge in [0.1, 0.15) is 3.92 Å². The minimum Gasteiger partial charge on any atom is -0.240 e. The van der Waals surface area contributed by atoms with Crippen molar-refractivity contribution in [2.24, 2.45) is 0 Å². The molecule has 0 aliphatic rings. The molecule has 2 atom stereocenters. The molecule has 0 amide bonds. The molecule has 0 heterocycles. The maximum absolute atomic E-state index is 11.9. The second kappa shape index (κ2) is 3.81. The van der Waals surface area contributed by atoms with Crippen molar-refractivity contribution in [2.45, 2.75) is 22.7 Å². The van der Waals surface area contributed by atoms with E-state index in [0.29, 0.717) is 22.6 Å². The number of rotatable bonds is 2. The average molecular weight is 292 g/mol. The fourth-order valence-electron chi connectivity index (χ4n) is 0.308. The van der Waals surface area contributed by atoms with E-state index in [1.807, 2.05) is 0 Å². The molecule has 0 radical (unpaired) electrons. The van der Waals surface area contributed by atoms with Gasteiger partial charge in [-0.1, -0.05) is 22.6 Å². The van der Waals surface area contributed by atoms with Gasteiger partial charge in [0.15, 0.2) is 6.17 Å². The monoisotopic (exact) mass is 292 g/mol. The van der Waals surface area contributed by atoms with E-state index in [0.717, 1.165) is 0 Å². The fourth-order valence-corrected chi connectivity index (χ4v) is 0.622. The van der Waals surface area contributed by atoms with Crippen LogP contribution < -0.4 is 0 Å². The van der Waals surface area contributed by atoms with Crippen LogP contribution in [0.2, 0.25) is 0 Å². The Morgan fingerprint density at radius 2 is 1.36 bits per heavy atom. The largest absolute Gasteiger partial charge is 0.403 e. The highest BCUT2D eigenvalue weighted by Gasteiger charge is 2.46. The van der Waals surface area contributed by atoms with Gasteiger partial charge in [-0.3, -0.25) is 0 Å². The van der Waals surface area contributed by atoms with Crippen molar-refractivity contribution in [1.82, 2.24) is 0 Å². The minimum atomic E-state index is -4.91. The minimum absolute atomic E-state index is 0.610. The predicted molar refractivity (Wildman–Crippen MR) is 34.8 cm³/mol. The standard InChI is InChI=1S/C4H3F6I/c5-1(3(6)7)2(11)4(8,9)10/h1-3H. The van der Waals surface area contributed by atoms with Gasteiger partial charge >= 0.3 is 6.18 Å². The average Bonchev–Trinajstić information content (AvgIpc) is 1.82. The molecular formula is C4H3F6I. The lowest BCUT2D eigenvalue weighted by Crippen LogP contribution is -2.36. The zero-order chi connectivity index (χ0) is 9.23. The molecule has 0 saturated heterocycles. The molecule has 0 saturated carbocycles. The highest BCUT2D eigenvalue weighted by atomic mass is 127. The molecule has 0 N–H and O–H groups in total. The predicted octanol–water partition coefficient (Wildman–Crippen LogP) is 2.96. The van der Waals surface area contributed by atoms with E-state index in [1.54, 1.807) is 0 Å². The van der Waals surface area contributed by atoms with Gasteiger partial charge in [0.2, 0.25) is 0 Å².